The molecule has 2 aliphatic rings. The smallest absolute Gasteiger partial charge is 0.230 e. The molecule has 1 aromatic carbocycles. The van der Waals surface area contributed by atoms with Gasteiger partial charge >= 0.3 is 0 Å². The first-order valence-electron chi connectivity index (χ1n) is 14.3. The van der Waals surface area contributed by atoms with Crippen LogP contribution in [0.1, 0.15) is 32.1 Å². The third-order valence-electron chi connectivity index (χ3n) is 8.37. The second kappa shape index (κ2) is 12.5. The van der Waals surface area contributed by atoms with Crippen LogP contribution in [0.3, 0.4) is 0 Å². The first-order valence-corrected chi connectivity index (χ1v) is 17.8. The Morgan fingerprint density at radius 3 is 2.48 bits per heavy atom. The number of piperidine rings is 2. The van der Waals surface area contributed by atoms with E-state index in [1.54, 1.807) is 12.1 Å². The largest absolute Gasteiger partial charge is 0.312 e. The molecule has 42 heavy (non-hydrogen) atoms. The zero-order chi connectivity index (χ0) is 29.4. The van der Waals surface area contributed by atoms with E-state index >= 15 is 0 Å². The summed E-state index contributed by atoms with van der Waals surface area (Å²) >= 11 is 14.3. The number of benzene rings is 1. The van der Waals surface area contributed by atoms with Gasteiger partial charge in [0.25, 0.3) is 0 Å². The van der Waals surface area contributed by atoms with Crippen molar-refractivity contribution in [1.29, 1.82) is 0 Å². The Balaban J connectivity index is 1.04. The van der Waals surface area contributed by atoms with Gasteiger partial charge in [0, 0.05) is 36.5 Å². The molecule has 0 saturated carbocycles. The van der Waals surface area contributed by atoms with E-state index in [9.17, 15) is 13.2 Å². The molecule has 0 atom stereocenters. The van der Waals surface area contributed by atoms with Gasteiger partial charge in [0.15, 0.2) is 0 Å². The molecule has 3 aromatic heterocycles. The SMILES string of the molecule is CS(=O)(=O)N1CCC(C(=O)N(CCCN2CCC(Sc3nc4cccc5ncc3n54)CC2)c2ccc(Cl)c(Cl)c2)CC1. The number of hydrogen-bond acceptors (Lipinski definition) is 7. The van der Waals surface area contributed by atoms with Crippen LogP contribution in [0.5, 0.6) is 0 Å². The van der Waals surface area contributed by atoms with Crippen molar-refractivity contribution in [3.63, 3.8) is 0 Å². The van der Waals surface area contributed by atoms with Gasteiger partial charge in [-0.2, -0.15) is 0 Å². The minimum Gasteiger partial charge on any atom is -0.312 e. The molecular weight excluding hydrogens is 615 g/mol. The molecule has 224 valence electrons. The minimum absolute atomic E-state index is 0.0176. The van der Waals surface area contributed by atoms with Crippen LogP contribution in [0.15, 0.2) is 47.6 Å². The number of rotatable bonds is 9. The van der Waals surface area contributed by atoms with Crippen LogP contribution in [0, 0.1) is 5.92 Å². The first kappa shape index (κ1) is 29.9. The van der Waals surface area contributed by atoms with E-state index in [0.717, 1.165) is 66.4 Å². The van der Waals surface area contributed by atoms with Crippen molar-refractivity contribution in [3.05, 3.63) is 52.6 Å². The summed E-state index contributed by atoms with van der Waals surface area (Å²) in [4.78, 5) is 27.4. The van der Waals surface area contributed by atoms with Crippen LogP contribution in [-0.4, -0.2) is 88.7 Å². The number of aromatic nitrogens is 3. The average Bonchev–Trinajstić information content (AvgIpc) is 3.57. The van der Waals surface area contributed by atoms with E-state index in [-0.39, 0.29) is 11.8 Å². The summed E-state index contributed by atoms with van der Waals surface area (Å²) < 4.78 is 27.5. The van der Waals surface area contributed by atoms with Crippen LogP contribution in [-0.2, 0) is 14.8 Å². The van der Waals surface area contributed by atoms with Crippen molar-refractivity contribution < 1.29 is 13.2 Å². The number of hydrogen-bond donors (Lipinski definition) is 0. The Bertz CT molecular complexity index is 1670. The summed E-state index contributed by atoms with van der Waals surface area (Å²) in [7, 11) is -3.25. The number of pyridine rings is 1. The van der Waals surface area contributed by atoms with Crippen molar-refractivity contribution in [2.45, 2.75) is 42.4 Å². The minimum atomic E-state index is -3.25. The Labute approximate surface area is 260 Å². The Hall–Kier alpha value is -2.15. The number of carbonyl (C=O) groups is 1. The quantitative estimate of drug-likeness (QED) is 0.244. The van der Waals surface area contributed by atoms with Gasteiger partial charge in [-0.15, -0.1) is 11.8 Å². The summed E-state index contributed by atoms with van der Waals surface area (Å²) in [6.07, 6.45) is 7.14. The van der Waals surface area contributed by atoms with Crippen molar-refractivity contribution in [1.82, 2.24) is 23.6 Å². The fourth-order valence-electron chi connectivity index (χ4n) is 6.04. The van der Waals surface area contributed by atoms with Gasteiger partial charge in [-0.05, 0) is 82.1 Å². The van der Waals surface area contributed by atoms with Crippen molar-refractivity contribution in [2.24, 2.45) is 5.92 Å². The van der Waals surface area contributed by atoms with E-state index in [1.807, 2.05) is 47.1 Å². The van der Waals surface area contributed by atoms with E-state index in [4.69, 9.17) is 28.2 Å². The maximum Gasteiger partial charge on any atom is 0.230 e. The maximum atomic E-state index is 13.7. The summed E-state index contributed by atoms with van der Waals surface area (Å²) in [5.41, 5.74) is 3.69. The predicted octanol–water partition coefficient (Wildman–Crippen LogP) is 5.28. The van der Waals surface area contributed by atoms with Crippen LogP contribution < -0.4 is 4.90 Å². The topological polar surface area (TPSA) is 91.1 Å². The van der Waals surface area contributed by atoms with Crippen molar-refractivity contribution in [3.8, 4) is 0 Å². The third-order valence-corrected chi connectivity index (χ3v) is 11.7. The zero-order valence-corrected chi connectivity index (χ0v) is 26.6. The highest BCUT2D eigenvalue weighted by Gasteiger charge is 2.32. The molecule has 9 nitrogen and oxygen atoms in total. The number of thioether (sulfide) groups is 1. The monoisotopic (exact) mass is 648 g/mol. The van der Waals surface area contributed by atoms with Crippen LogP contribution in [0.25, 0.3) is 16.8 Å². The lowest BCUT2D eigenvalue weighted by Gasteiger charge is -2.34. The summed E-state index contributed by atoms with van der Waals surface area (Å²) in [6.45, 7) is 4.19. The van der Waals surface area contributed by atoms with Gasteiger partial charge in [-0.1, -0.05) is 29.3 Å². The van der Waals surface area contributed by atoms with Gasteiger partial charge in [0.05, 0.1) is 28.0 Å². The molecule has 0 spiro atoms. The van der Waals surface area contributed by atoms with Crippen LogP contribution >= 0.6 is 35.0 Å². The number of amides is 1. The molecule has 6 rings (SSSR count). The highest BCUT2D eigenvalue weighted by atomic mass is 35.5. The number of sulfonamides is 1. The normalized spacial score (nSPS) is 18.4. The van der Waals surface area contributed by atoms with Crippen LogP contribution in [0.4, 0.5) is 5.69 Å². The molecule has 0 radical (unpaired) electrons. The molecule has 2 aliphatic heterocycles. The summed E-state index contributed by atoms with van der Waals surface area (Å²) in [5.74, 6) is -0.212. The number of imidazole rings is 2. The summed E-state index contributed by atoms with van der Waals surface area (Å²) in [5, 5.41) is 2.41. The van der Waals surface area contributed by atoms with E-state index in [2.05, 4.69) is 14.3 Å². The molecular formula is C29H34Cl2N6O3S2. The van der Waals surface area contributed by atoms with Crippen molar-refractivity contribution >= 4 is 73.4 Å². The second-order valence-electron chi connectivity index (χ2n) is 11.2. The number of anilines is 1. The molecule has 0 bridgehead atoms. The number of likely N-dealkylation sites (tertiary alicyclic amines) is 1. The van der Waals surface area contributed by atoms with E-state index in [1.165, 1.54) is 10.6 Å². The lowest BCUT2D eigenvalue weighted by Crippen LogP contribution is -2.45. The van der Waals surface area contributed by atoms with E-state index < -0.39 is 10.0 Å². The fourth-order valence-corrected chi connectivity index (χ4v) is 8.38. The lowest BCUT2D eigenvalue weighted by atomic mass is 9.96. The molecule has 13 heteroatoms. The molecule has 2 fully saturated rings. The third kappa shape index (κ3) is 6.37. The molecule has 5 heterocycles. The first-order chi connectivity index (χ1) is 20.2. The molecule has 0 unspecified atom stereocenters. The lowest BCUT2D eigenvalue weighted by molar-refractivity contribution is -0.123. The van der Waals surface area contributed by atoms with Gasteiger partial charge in [0.2, 0.25) is 15.9 Å². The van der Waals surface area contributed by atoms with Gasteiger partial charge in [-0.3, -0.25) is 9.20 Å². The van der Waals surface area contributed by atoms with Crippen LogP contribution in [0.2, 0.25) is 10.0 Å². The number of halogens is 2. The van der Waals surface area contributed by atoms with Gasteiger partial charge in [-0.25, -0.2) is 22.7 Å². The maximum absolute atomic E-state index is 13.7. The molecule has 4 aromatic rings. The highest BCUT2D eigenvalue weighted by molar-refractivity contribution is 8.00. The zero-order valence-electron chi connectivity index (χ0n) is 23.5. The Morgan fingerprint density at radius 1 is 1.02 bits per heavy atom. The molecule has 2 saturated heterocycles. The predicted molar refractivity (Wildman–Crippen MR) is 170 cm³/mol. The average molecular weight is 650 g/mol. The molecule has 1 amide bonds. The molecule has 0 aliphatic carbocycles. The standard InChI is InChI=1S/C29H34Cl2N6O3S2/c1-42(39,40)35-16-8-20(9-17-35)29(38)36(21-6-7-23(30)24(31)18-21)13-3-12-34-14-10-22(11-15-34)41-28-25-19-32-26-4-2-5-27(33-28)37(25)26/h2,4-7,18-20,22H,3,8-17H2,1H3. The van der Waals surface area contributed by atoms with Crippen molar-refractivity contribution in [2.75, 3.05) is 50.4 Å². The highest BCUT2D eigenvalue weighted by Crippen LogP contribution is 2.35. The van der Waals surface area contributed by atoms with Gasteiger partial charge < -0.3 is 9.80 Å². The Kier molecular flexibility index (Phi) is 8.87. The Morgan fingerprint density at radius 2 is 1.76 bits per heavy atom. The summed E-state index contributed by atoms with van der Waals surface area (Å²) in [6, 6.07) is 11.3. The van der Waals surface area contributed by atoms with E-state index in [0.29, 0.717) is 47.8 Å². The molecule has 0 N–H and O–H groups in total. The fraction of sp³-hybridized carbons (Fsp3) is 0.483. The second-order valence-corrected chi connectivity index (χ2v) is 15.3. The van der Waals surface area contributed by atoms with Gasteiger partial charge in [0.1, 0.15) is 16.3 Å². The number of carbonyl (C=O) groups excluding carboxylic acids is 1. The number of nitrogens with zero attached hydrogens (tertiary/aromatic N) is 6.